The monoisotopic (exact) mass is 338 g/mol. The first-order chi connectivity index (χ1) is 11.3. The number of amides is 1. The Labute approximate surface area is 137 Å². The molecule has 0 saturated carbocycles. The average Bonchev–Trinajstić information content (AvgIpc) is 2.53. The van der Waals surface area contributed by atoms with Gasteiger partial charge < -0.3 is 10.6 Å². The number of nitrogens with zero attached hydrogens (tertiary/aromatic N) is 2. The number of carbonyl (C=O) groups excluding carboxylic acids is 1. The molecule has 2 rings (SSSR count). The van der Waals surface area contributed by atoms with Gasteiger partial charge in [0.25, 0.3) is 0 Å². The van der Waals surface area contributed by atoms with E-state index in [1.54, 1.807) is 25.3 Å². The average molecular weight is 338 g/mol. The molecule has 1 amide bonds. The Balaban J connectivity index is 1.92. The smallest absolute Gasteiger partial charge is 0.361 e. The van der Waals surface area contributed by atoms with Crippen molar-refractivity contribution in [3.05, 3.63) is 53.5 Å². The molecule has 2 heterocycles. The van der Waals surface area contributed by atoms with Crippen LogP contribution in [0.1, 0.15) is 29.8 Å². The third-order valence-corrected chi connectivity index (χ3v) is 3.33. The summed E-state index contributed by atoms with van der Waals surface area (Å²) < 4.78 is 37.8. The van der Waals surface area contributed by atoms with Gasteiger partial charge in [0.2, 0.25) is 5.91 Å². The lowest BCUT2D eigenvalue weighted by atomic mass is 10.2. The van der Waals surface area contributed by atoms with E-state index in [0.29, 0.717) is 5.56 Å². The molecule has 0 saturated heterocycles. The van der Waals surface area contributed by atoms with E-state index in [9.17, 15) is 18.0 Å². The zero-order chi connectivity index (χ0) is 17.7. The summed E-state index contributed by atoms with van der Waals surface area (Å²) in [5, 5.41) is 5.49. The number of alkyl halides is 3. The van der Waals surface area contributed by atoms with Crippen molar-refractivity contribution in [1.29, 1.82) is 0 Å². The third kappa shape index (κ3) is 4.68. The lowest BCUT2D eigenvalue weighted by molar-refractivity contribution is -0.137. The van der Waals surface area contributed by atoms with Gasteiger partial charge in [0.05, 0.1) is 23.8 Å². The first-order valence-electron chi connectivity index (χ1n) is 7.25. The molecule has 0 aliphatic heterocycles. The van der Waals surface area contributed by atoms with Crippen LogP contribution in [-0.2, 0) is 11.0 Å². The number of carbonyl (C=O) groups is 1. The molecule has 0 aliphatic rings. The molecule has 0 bridgehead atoms. The van der Waals surface area contributed by atoms with Gasteiger partial charge in [-0.05, 0) is 37.6 Å². The van der Waals surface area contributed by atoms with Crippen molar-refractivity contribution in [2.45, 2.75) is 26.1 Å². The van der Waals surface area contributed by atoms with Crippen LogP contribution in [0, 0.1) is 6.92 Å². The molecule has 24 heavy (non-hydrogen) atoms. The molecule has 128 valence electrons. The van der Waals surface area contributed by atoms with Crippen LogP contribution in [0.15, 0.2) is 36.7 Å². The second-order valence-corrected chi connectivity index (χ2v) is 5.28. The van der Waals surface area contributed by atoms with Crippen LogP contribution in [-0.4, -0.2) is 22.4 Å². The van der Waals surface area contributed by atoms with Crippen LogP contribution >= 0.6 is 0 Å². The van der Waals surface area contributed by atoms with E-state index in [-0.39, 0.29) is 24.3 Å². The van der Waals surface area contributed by atoms with Crippen LogP contribution < -0.4 is 10.6 Å². The molecule has 5 nitrogen and oxygen atoms in total. The highest BCUT2D eigenvalue weighted by molar-refractivity contribution is 5.80. The highest BCUT2D eigenvalue weighted by Gasteiger charge is 2.31. The normalized spacial score (nSPS) is 12.5. The molecule has 2 aromatic rings. The number of nitrogens with one attached hydrogen (secondary N) is 2. The largest absolute Gasteiger partial charge is 0.417 e. The fourth-order valence-electron chi connectivity index (χ4n) is 2.08. The fraction of sp³-hybridized carbons (Fsp3) is 0.312. The second kappa shape index (κ2) is 7.29. The second-order valence-electron chi connectivity index (χ2n) is 5.28. The summed E-state index contributed by atoms with van der Waals surface area (Å²) in [4.78, 5) is 19.8. The molecule has 2 N–H and O–H groups in total. The number of pyridine rings is 2. The van der Waals surface area contributed by atoms with E-state index >= 15 is 0 Å². The minimum Gasteiger partial charge on any atom is -0.361 e. The minimum absolute atomic E-state index is 0.101. The van der Waals surface area contributed by atoms with Gasteiger partial charge in [-0.2, -0.15) is 13.2 Å². The predicted molar refractivity (Wildman–Crippen MR) is 83.3 cm³/mol. The van der Waals surface area contributed by atoms with Crippen molar-refractivity contribution in [2.24, 2.45) is 0 Å². The molecule has 0 radical (unpaired) electrons. The number of hydrogen-bond donors (Lipinski definition) is 2. The summed E-state index contributed by atoms with van der Waals surface area (Å²) in [5.74, 6) is -0.0714. The summed E-state index contributed by atoms with van der Waals surface area (Å²) in [5.41, 5.74) is 0.212. The number of hydrogen-bond acceptors (Lipinski definition) is 4. The molecule has 0 aliphatic carbocycles. The molecule has 2 aromatic heterocycles. The summed E-state index contributed by atoms with van der Waals surface area (Å²) >= 11 is 0. The maximum absolute atomic E-state index is 12.6. The topological polar surface area (TPSA) is 66.9 Å². The maximum atomic E-state index is 12.6. The Hall–Kier alpha value is -2.64. The molecule has 0 aromatic carbocycles. The quantitative estimate of drug-likeness (QED) is 0.879. The van der Waals surface area contributed by atoms with Gasteiger partial charge in [-0.25, -0.2) is 4.98 Å². The first kappa shape index (κ1) is 17.7. The van der Waals surface area contributed by atoms with Gasteiger partial charge in [0, 0.05) is 12.4 Å². The summed E-state index contributed by atoms with van der Waals surface area (Å²) in [6, 6.07) is 6.10. The van der Waals surface area contributed by atoms with Gasteiger partial charge in [-0.3, -0.25) is 9.78 Å². The zero-order valence-electron chi connectivity index (χ0n) is 13.2. The molecule has 8 heteroatoms. The fourth-order valence-corrected chi connectivity index (χ4v) is 2.08. The number of halogens is 3. The zero-order valence-corrected chi connectivity index (χ0v) is 13.2. The lowest BCUT2D eigenvalue weighted by Gasteiger charge is -2.15. The molecule has 1 unspecified atom stereocenters. The van der Waals surface area contributed by atoms with Gasteiger partial charge in [0.15, 0.2) is 0 Å². The Morgan fingerprint density at radius 3 is 2.62 bits per heavy atom. The molecule has 1 atom stereocenters. The molecular weight excluding hydrogens is 321 g/mol. The Bertz CT molecular complexity index is 704. The number of aryl methyl sites for hydroxylation is 1. The van der Waals surface area contributed by atoms with E-state index in [1.165, 1.54) is 6.92 Å². The molecular formula is C16H17F3N4O. The predicted octanol–water partition coefficient (Wildman–Crippen LogP) is 3.09. The highest BCUT2D eigenvalue weighted by Crippen LogP contribution is 2.30. The van der Waals surface area contributed by atoms with Gasteiger partial charge >= 0.3 is 6.18 Å². The van der Waals surface area contributed by atoms with Crippen molar-refractivity contribution in [3.63, 3.8) is 0 Å². The van der Waals surface area contributed by atoms with Crippen molar-refractivity contribution in [2.75, 3.05) is 11.9 Å². The molecule has 0 fully saturated rings. The Morgan fingerprint density at radius 1 is 1.29 bits per heavy atom. The van der Waals surface area contributed by atoms with E-state index in [4.69, 9.17) is 0 Å². The van der Waals surface area contributed by atoms with Crippen LogP contribution in [0.3, 0.4) is 0 Å². The van der Waals surface area contributed by atoms with E-state index in [1.807, 2.05) is 6.07 Å². The number of rotatable bonds is 5. The number of anilines is 1. The number of aromatic nitrogens is 2. The van der Waals surface area contributed by atoms with Crippen LogP contribution in [0.25, 0.3) is 0 Å². The van der Waals surface area contributed by atoms with Crippen molar-refractivity contribution in [1.82, 2.24) is 15.3 Å². The van der Waals surface area contributed by atoms with E-state index < -0.39 is 11.7 Å². The van der Waals surface area contributed by atoms with E-state index in [2.05, 4.69) is 20.6 Å². The van der Waals surface area contributed by atoms with E-state index in [0.717, 1.165) is 18.0 Å². The van der Waals surface area contributed by atoms with Crippen LogP contribution in [0.5, 0.6) is 0 Å². The standard InChI is InChI=1S/C16H17F3N4O/c1-10-7-12(16(17,18)19)8-21-15(10)22-9-14(24)23-11(2)13-5-3-4-6-20-13/h3-8,11H,9H2,1-2H3,(H,21,22)(H,23,24). The lowest BCUT2D eigenvalue weighted by Crippen LogP contribution is -2.32. The van der Waals surface area contributed by atoms with Gasteiger partial charge in [-0.1, -0.05) is 6.07 Å². The minimum atomic E-state index is -4.44. The molecule has 0 spiro atoms. The van der Waals surface area contributed by atoms with Crippen LogP contribution in [0.2, 0.25) is 0 Å². The van der Waals surface area contributed by atoms with Crippen molar-refractivity contribution in [3.8, 4) is 0 Å². The van der Waals surface area contributed by atoms with Crippen molar-refractivity contribution >= 4 is 11.7 Å². The van der Waals surface area contributed by atoms with Gasteiger partial charge in [0.1, 0.15) is 5.82 Å². The SMILES string of the molecule is Cc1cc(C(F)(F)F)cnc1NCC(=O)NC(C)c1ccccn1. The maximum Gasteiger partial charge on any atom is 0.417 e. The van der Waals surface area contributed by atoms with Gasteiger partial charge in [-0.15, -0.1) is 0 Å². The Kier molecular flexibility index (Phi) is 5.38. The highest BCUT2D eigenvalue weighted by atomic mass is 19.4. The third-order valence-electron chi connectivity index (χ3n) is 3.33. The summed E-state index contributed by atoms with van der Waals surface area (Å²) in [7, 11) is 0. The summed E-state index contributed by atoms with van der Waals surface area (Å²) in [6.07, 6.45) is -2.07. The first-order valence-corrected chi connectivity index (χ1v) is 7.25. The van der Waals surface area contributed by atoms with Crippen molar-refractivity contribution < 1.29 is 18.0 Å². The Morgan fingerprint density at radius 2 is 2.04 bits per heavy atom. The van der Waals surface area contributed by atoms with Crippen LogP contribution in [0.4, 0.5) is 19.0 Å². The summed E-state index contributed by atoms with van der Waals surface area (Å²) in [6.45, 7) is 3.19.